The van der Waals surface area contributed by atoms with Crippen LogP contribution in [0, 0.1) is 0 Å². The number of ketones is 1. The Labute approximate surface area is 97.4 Å². The third-order valence-corrected chi connectivity index (χ3v) is 5.64. The summed E-state index contributed by atoms with van der Waals surface area (Å²) in [5.41, 5.74) is 1.47. The Bertz CT molecular complexity index is 378. The van der Waals surface area contributed by atoms with Crippen LogP contribution in [0.3, 0.4) is 0 Å². The molecule has 2 aliphatic heterocycles. The molecule has 1 aromatic heterocycles. The minimum Gasteiger partial charge on any atom is -0.315 e. The molecule has 1 unspecified atom stereocenters. The molecular weight excluding hydrogens is 226 g/mol. The number of nitrogens with one attached hydrogen (secondary N) is 1. The zero-order valence-electron chi connectivity index (χ0n) is 8.41. The fourth-order valence-electron chi connectivity index (χ4n) is 2.16. The van der Waals surface area contributed by atoms with Crippen molar-refractivity contribution in [1.82, 2.24) is 5.32 Å². The number of hydrogen-bond donors (Lipinski definition) is 1. The fraction of sp³-hybridized carbons (Fsp3) is 0.545. The number of hydrogen-bond acceptors (Lipinski definition) is 4. The smallest absolute Gasteiger partial charge is 0.143 e. The Balaban J connectivity index is 1.88. The van der Waals surface area contributed by atoms with Gasteiger partial charge >= 0.3 is 0 Å². The van der Waals surface area contributed by atoms with Crippen molar-refractivity contribution in [2.24, 2.45) is 0 Å². The third-order valence-electron chi connectivity index (χ3n) is 3.02. The van der Waals surface area contributed by atoms with Gasteiger partial charge in [0, 0.05) is 30.1 Å². The monoisotopic (exact) mass is 239 g/mol. The van der Waals surface area contributed by atoms with Crippen molar-refractivity contribution < 1.29 is 4.79 Å². The number of piperidine rings is 1. The molecule has 3 heterocycles. The summed E-state index contributed by atoms with van der Waals surface area (Å²) in [5.74, 6) is 1.77. The summed E-state index contributed by atoms with van der Waals surface area (Å²) >= 11 is 3.78. The molecule has 1 atom stereocenters. The molecule has 1 N–H and O–H groups in total. The van der Waals surface area contributed by atoms with E-state index in [1.54, 1.807) is 0 Å². The molecule has 1 fully saturated rings. The Kier molecular flexibility index (Phi) is 2.58. The number of thioether (sulfide) groups is 1. The van der Waals surface area contributed by atoms with Crippen molar-refractivity contribution >= 4 is 28.9 Å². The van der Waals surface area contributed by atoms with Gasteiger partial charge in [0.15, 0.2) is 0 Å². The van der Waals surface area contributed by atoms with Crippen LogP contribution in [-0.4, -0.2) is 24.6 Å². The summed E-state index contributed by atoms with van der Waals surface area (Å²) in [6.07, 6.45) is 1.88. The zero-order chi connectivity index (χ0) is 10.3. The van der Waals surface area contributed by atoms with Gasteiger partial charge in [0.05, 0.1) is 10.1 Å². The van der Waals surface area contributed by atoms with Gasteiger partial charge in [0.1, 0.15) is 5.78 Å². The normalized spacial score (nSPS) is 25.6. The molecule has 0 radical (unpaired) electrons. The summed E-state index contributed by atoms with van der Waals surface area (Å²) in [7, 11) is 0. The molecule has 4 heteroatoms. The Hall–Kier alpha value is -0.320. The van der Waals surface area contributed by atoms with Crippen molar-refractivity contribution in [3.8, 4) is 0 Å². The number of rotatable bonds is 1. The van der Waals surface area contributed by atoms with Crippen LogP contribution in [0.15, 0.2) is 10.3 Å². The first kappa shape index (κ1) is 9.87. The summed E-state index contributed by atoms with van der Waals surface area (Å²) in [6, 6.07) is 2.26. The van der Waals surface area contributed by atoms with Crippen LogP contribution in [-0.2, 0) is 11.2 Å². The van der Waals surface area contributed by atoms with Crippen LogP contribution in [0.2, 0.25) is 0 Å². The van der Waals surface area contributed by atoms with Crippen LogP contribution in [0.4, 0.5) is 0 Å². The lowest BCUT2D eigenvalue weighted by molar-refractivity contribution is -0.121. The van der Waals surface area contributed by atoms with Crippen molar-refractivity contribution in [1.29, 1.82) is 0 Å². The average molecular weight is 239 g/mol. The van der Waals surface area contributed by atoms with Crippen molar-refractivity contribution in [3.05, 3.63) is 16.5 Å². The highest BCUT2D eigenvalue weighted by Gasteiger charge is 2.27. The van der Waals surface area contributed by atoms with Crippen molar-refractivity contribution in [3.63, 3.8) is 0 Å². The minimum atomic E-state index is 0.134. The van der Waals surface area contributed by atoms with Gasteiger partial charge in [-0.3, -0.25) is 4.79 Å². The van der Waals surface area contributed by atoms with Gasteiger partial charge in [-0.1, -0.05) is 0 Å². The maximum Gasteiger partial charge on any atom is 0.143 e. The van der Waals surface area contributed by atoms with E-state index in [1.807, 2.05) is 23.1 Å². The second kappa shape index (κ2) is 3.92. The standard InChI is InChI=1S/C11H13NOS2/c13-9-1-3-12-6-8(9)10-5-7-2-4-14-11(7)15-10/h5,8,12H,1-4,6H2. The molecule has 2 aliphatic rings. The highest BCUT2D eigenvalue weighted by molar-refractivity contribution is 8.01. The molecule has 3 rings (SSSR count). The van der Waals surface area contributed by atoms with Gasteiger partial charge in [0.25, 0.3) is 0 Å². The van der Waals surface area contributed by atoms with Gasteiger partial charge in [-0.25, -0.2) is 0 Å². The average Bonchev–Trinajstić information content (AvgIpc) is 2.77. The van der Waals surface area contributed by atoms with E-state index in [-0.39, 0.29) is 5.92 Å². The van der Waals surface area contributed by atoms with E-state index < -0.39 is 0 Å². The molecule has 1 saturated heterocycles. The van der Waals surface area contributed by atoms with E-state index in [2.05, 4.69) is 11.4 Å². The second-order valence-electron chi connectivity index (χ2n) is 4.03. The first-order valence-electron chi connectivity index (χ1n) is 5.33. The van der Waals surface area contributed by atoms with Crippen LogP contribution < -0.4 is 5.32 Å². The van der Waals surface area contributed by atoms with E-state index in [1.165, 1.54) is 26.8 Å². The van der Waals surface area contributed by atoms with Crippen molar-refractivity contribution in [2.75, 3.05) is 18.8 Å². The molecule has 1 aromatic rings. The predicted molar refractivity (Wildman–Crippen MR) is 64.0 cm³/mol. The van der Waals surface area contributed by atoms with E-state index in [0.717, 1.165) is 13.1 Å². The van der Waals surface area contributed by atoms with Gasteiger partial charge in [-0.05, 0) is 18.1 Å². The van der Waals surface area contributed by atoms with Gasteiger partial charge in [0.2, 0.25) is 0 Å². The van der Waals surface area contributed by atoms with Crippen LogP contribution in [0.25, 0.3) is 0 Å². The van der Waals surface area contributed by atoms with Crippen molar-refractivity contribution in [2.45, 2.75) is 23.0 Å². The fourth-order valence-corrected chi connectivity index (χ4v) is 4.85. The Morgan fingerprint density at radius 1 is 1.40 bits per heavy atom. The molecule has 2 nitrogen and oxygen atoms in total. The number of carbonyl (C=O) groups excluding carboxylic acids is 1. The molecule has 0 aromatic carbocycles. The van der Waals surface area contributed by atoms with E-state index in [0.29, 0.717) is 12.2 Å². The van der Waals surface area contributed by atoms with Crippen LogP contribution >= 0.6 is 23.1 Å². The number of fused-ring (bicyclic) bond motifs is 1. The quantitative estimate of drug-likeness (QED) is 0.813. The molecule has 0 bridgehead atoms. The third kappa shape index (κ3) is 1.75. The predicted octanol–water partition coefficient (Wildman–Crippen LogP) is 2.04. The molecule has 0 amide bonds. The second-order valence-corrected chi connectivity index (χ2v) is 6.48. The molecule has 80 valence electrons. The largest absolute Gasteiger partial charge is 0.315 e. The van der Waals surface area contributed by atoms with E-state index in [4.69, 9.17) is 0 Å². The highest BCUT2D eigenvalue weighted by Crippen LogP contribution is 2.41. The summed E-state index contributed by atoms with van der Waals surface area (Å²) < 4.78 is 1.45. The minimum absolute atomic E-state index is 0.134. The molecule has 0 spiro atoms. The first-order valence-corrected chi connectivity index (χ1v) is 7.13. The first-order chi connectivity index (χ1) is 7.34. The van der Waals surface area contributed by atoms with E-state index in [9.17, 15) is 4.79 Å². The summed E-state index contributed by atoms with van der Waals surface area (Å²) in [4.78, 5) is 13.1. The van der Waals surface area contributed by atoms with Gasteiger partial charge in [-0.15, -0.1) is 23.1 Å². The number of carbonyl (C=O) groups is 1. The molecule has 0 aliphatic carbocycles. The Morgan fingerprint density at radius 3 is 3.13 bits per heavy atom. The lowest BCUT2D eigenvalue weighted by Gasteiger charge is -2.20. The molecule has 0 saturated carbocycles. The number of aryl methyl sites for hydroxylation is 1. The Morgan fingerprint density at radius 2 is 2.33 bits per heavy atom. The van der Waals surface area contributed by atoms with Crippen LogP contribution in [0.1, 0.15) is 22.8 Å². The maximum absolute atomic E-state index is 11.8. The maximum atomic E-state index is 11.8. The van der Waals surface area contributed by atoms with Crippen LogP contribution in [0.5, 0.6) is 0 Å². The highest BCUT2D eigenvalue weighted by atomic mass is 32.2. The SMILES string of the molecule is O=C1CCNCC1c1cc2c(s1)SCC2. The lowest BCUT2D eigenvalue weighted by atomic mass is 9.96. The van der Waals surface area contributed by atoms with Gasteiger partial charge in [-0.2, -0.15) is 0 Å². The topological polar surface area (TPSA) is 29.1 Å². The number of thiophene rings is 1. The summed E-state index contributed by atoms with van der Waals surface area (Å²) in [5, 5.41) is 3.31. The molecular formula is C11H13NOS2. The van der Waals surface area contributed by atoms with Gasteiger partial charge < -0.3 is 5.32 Å². The molecule has 15 heavy (non-hydrogen) atoms. The lowest BCUT2D eigenvalue weighted by Crippen LogP contribution is -2.34. The number of Topliss-reactive ketones (excluding diaryl/α,β-unsaturated/α-hetero) is 1. The summed E-state index contributed by atoms with van der Waals surface area (Å²) in [6.45, 7) is 1.69. The zero-order valence-corrected chi connectivity index (χ0v) is 10.0. The van der Waals surface area contributed by atoms with E-state index >= 15 is 0 Å².